The number of aliphatic carboxylic acids is 1. The monoisotopic (exact) mass is 271 g/mol. The van der Waals surface area contributed by atoms with Crippen molar-refractivity contribution in [2.45, 2.75) is 5.54 Å². The zero-order valence-electron chi connectivity index (χ0n) is 7.87. The molecule has 15 heavy (non-hydrogen) atoms. The number of benzene rings is 1. The first-order valence-electron chi connectivity index (χ1n) is 4.47. The number of carboxylic acids is 1. The van der Waals surface area contributed by atoms with Crippen molar-refractivity contribution in [2.75, 3.05) is 18.5 Å². The normalized spacial score (nSPS) is 17.9. The first kappa shape index (κ1) is 10.4. The van der Waals surface area contributed by atoms with Crippen LogP contribution in [0.1, 0.15) is 0 Å². The summed E-state index contributed by atoms with van der Waals surface area (Å²) >= 11 is 3.33. The van der Waals surface area contributed by atoms with Crippen LogP contribution in [-0.2, 0) is 9.53 Å². The SMILES string of the molecule is O=C(O)C1(Nc2cccc(Br)c2)COC1. The van der Waals surface area contributed by atoms with Crippen LogP contribution in [0, 0.1) is 0 Å². The fraction of sp³-hybridized carbons (Fsp3) is 0.300. The Labute approximate surface area is 95.4 Å². The summed E-state index contributed by atoms with van der Waals surface area (Å²) in [5, 5.41) is 12.0. The fourth-order valence-corrected chi connectivity index (χ4v) is 1.80. The highest BCUT2D eigenvalue weighted by atomic mass is 79.9. The Morgan fingerprint density at radius 1 is 1.53 bits per heavy atom. The van der Waals surface area contributed by atoms with Gasteiger partial charge in [-0.15, -0.1) is 0 Å². The number of halogens is 1. The quantitative estimate of drug-likeness (QED) is 0.879. The van der Waals surface area contributed by atoms with Gasteiger partial charge in [0.15, 0.2) is 5.54 Å². The zero-order valence-corrected chi connectivity index (χ0v) is 9.45. The van der Waals surface area contributed by atoms with Crippen molar-refractivity contribution >= 4 is 27.6 Å². The average molecular weight is 272 g/mol. The second-order valence-electron chi connectivity index (χ2n) is 3.52. The van der Waals surface area contributed by atoms with Crippen molar-refractivity contribution in [3.05, 3.63) is 28.7 Å². The van der Waals surface area contributed by atoms with Crippen LogP contribution < -0.4 is 5.32 Å². The number of nitrogens with one attached hydrogen (secondary N) is 1. The number of rotatable bonds is 3. The van der Waals surface area contributed by atoms with E-state index in [2.05, 4.69) is 21.2 Å². The summed E-state index contributed by atoms with van der Waals surface area (Å²) < 4.78 is 5.86. The summed E-state index contributed by atoms with van der Waals surface area (Å²) in [5.74, 6) is -0.881. The number of carbonyl (C=O) groups is 1. The highest BCUT2D eigenvalue weighted by Gasteiger charge is 2.46. The van der Waals surface area contributed by atoms with Crippen LogP contribution >= 0.6 is 15.9 Å². The number of hydrogen-bond acceptors (Lipinski definition) is 3. The molecule has 1 fully saturated rings. The van der Waals surface area contributed by atoms with E-state index in [0.717, 1.165) is 10.2 Å². The second kappa shape index (κ2) is 3.83. The van der Waals surface area contributed by atoms with Gasteiger partial charge in [-0.3, -0.25) is 0 Å². The Kier molecular flexibility index (Phi) is 2.67. The Morgan fingerprint density at radius 3 is 2.73 bits per heavy atom. The Morgan fingerprint density at radius 2 is 2.27 bits per heavy atom. The molecule has 0 radical (unpaired) electrons. The van der Waals surface area contributed by atoms with E-state index < -0.39 is 11.5 Å². The van der Waals surface area contributed by atoms with Gasteiger partial charge in [-0.05, 0) is 18.2 Å². The van der Waals surface area contributed by atoms with Crippen molar-refractivity contribution in [3.63, 3.8) is 0 Å². The minimum Gasteiger partial charge on any atom is -0.479 e. The molecule has 0 saturated carbocycles. The summed E-state index contributed by atoms with van der Waals surface area (Å²) in [5.41, 5.74) is -0.184. The van der Waals surface area contributed by atoms with E-state index in [4.69, 9.17) is 9.84 Å². The lowest BCUT2D eigenvalue weighted by Gasteiger charge is -2.38. The Balaban J connectivity index is 2.17. The highest BCUT2D eigenvalue weighted by molar-refractivity contribution is 9.10. The molecule has 0 aromatic heterocycles. The van der Waals surface area contributed by atoms with Crippen molar-refractivity contribution in [1.29, 1.82) is 0 Å². The van der Waals surface area contributed by atoms with Gasteiger partial charge in [0.2, 0.25) is 0 Å². The third-order valence-electron chi connectivity index (χ3n) is 2.31. The first-order chi connectivity index (χ1) is 7.12. The van der Waals surface area contributed by atoms with Crippen LogP contribution in [-0.4, -0.2) is 29.8 Å². The third-order valence-corrected chi connectivity index (χ3v) is 2.81. The minimum absolute atomic E-state index is 0.203. The minimum atomic E-state index is -0.958. The van der Waals surface area contributed by atoms with E-state index in [1.165, 1.54) is 0 Å². The Bertz CT molecular complexity index is 390. The molecule has 1 saturated heterocycles. The van der Waals surface area contributed by atoms with Gasteiger partial charge in [0.05, 0.1) is 13.2 Å². The van der Waals surface area contributed by atoms with Crippen LogP contribution in [0.2, 0.25) is 0 Å². The molecule has 4 nitrogen and oxygen atoms in total. The molecule has 80 valence electrons. The maximum Gasteiger partial charge on any atom is 0.334 e. The molecular weight excluding hydrogens is 262 g/mol. The van der Waals surface area contributed by atoms with E-state index in [1.807, 2.05) is 24.3 Å². The maximum atomic E-state index is 11.0. The fourth-order valence-electron chi connectivity index (χ4n) is 1.40. The molecule has 0 spiro atoms. The van der Waals surface area contributed by atoms with E-state index in [1.54, 1.807) is 0 Å². The molecule has 2 rings (SSSR count). The number of carboxylic acid groups (broad SMARTS) is 1. The largest absolute Gasteiger partial charge is 0.479 e. The average Bonchev–Trinajstić information content (AvgIpc) is 2.11. The van der Waals surface area contributed by atoms with Crippen molar-refractivity contribution in [3.8, 4) is 0 Å². The smallest absolute Gasteiger partial charge is 0.334 e. The standard InChI is InChI=1S/C10H10BrNO3/c11-7-2-1-3-8(4-7)12-10(9(13)14)5-15-6-10/h1-4,12H,5-6H2,(H,13,14). The molecule has 0 amide bonds. The number of hydrogen-bond donors (Lipinski definition) is 2. The van der Waals surface area contributed by atoms with Crippen LogP contribution in [0.4, 0.5) is 5.69 Å². The summed E-state index contributed by atoms with van der Waals surface area (Å²) in [4.78, 5) is 11.0. The molecule has 5 heteroatoms. The van der Waals surface area contributed by atoms with E-state index >= 15 is 0 Å². The highest BCUT2D eigenvalue weighted by Crippen LogP contribution is 2.25. The van der Waals surface area contributed by atoms with Gasteiger partial charge >= 0.3 is 5.97 Å². The molecule has 0 atom stereocenters. The summed E-state index contributed by atoms with van der Waals surface area (Å²) in [6.45, 7) is 0.406. The van der Waals surface area contributed by atoms with Crippen molar-refractivity contribution in [2.24, 2.45) is 0 Å². The maximum absolute atomic E-state index is 11.0. The lowest BCUT2D eigenvalue weighted by molar-refractivity contribution is -0.158. The molecule has 2 N–H and O–H groups in total. The van der Waals surface area contributed by atoms with Crippen molar-refractivity contribution < 1.29 is 14.6 Å². The van der Waals surface area contributed by atoms with Gasteiger partial charge < -0.3 is 15.2 Å². The van der Waals surface area contributed by atoms with E-state index in [9.17, 15) is 4.79 Å². The molecule has 1 aliphatic heterocycles. The van der Waals surface area contributed by atoms with Gasteiger partial charge in [-0.1, -0.05) is 22.0 Å². The van der Waals surface area contributed by atoms with Gasteiger partial charge in [0.1, 0.15) is 0 Å². The van der Waals surface area contributed by atoms with Gasteiger partial charge in [-0.25, -0.2) is 4.79 Å². The predicted molar refractivity (Wildman–Crippen MR) is 59.0 cm³/mol. The lowest BCUT2D eigenvalue weighted by Crippen LogP contribution is -2.61. The molecule has 1 aromatic rings. The molecule has 0 unspecified atom stereocenters. The summed E-state index contributed by atoms with van der Waals surface area (Å²) in [6.07, 6.45) is 0. The van der Waals surface area contributed by atoms with Crippen molar-refractivity contribution in [1.82, 2.24) is 0 Å². The summed E-state index contributed by atoms with van der Waals surface area (Å²) in [6, 6.07) is 7.40. The molecule has 1 aromatic carbocycles. The van der Waals surface area contributed by atoms with Crippen LogP contribution in [0.5, 0.6) is 0 Å². The predicted octanol–water partition coefficient (Wildman–Crippen LogP) is 1.71. The zero-order chi connectivity index (χ0) is 10.9. The first-order valence-corrected chi connectivity index (χ1v) is 5.27. The van der Waals surface area contributed by atoms with Crippen LogP contribution in [0.3, 0.4) is 0 Å². The topological polar surface area (TPSA) is 58.6 Å². The van der Waals surface area contributed by atoms with Gasteiger partial charge in [0, 0.05) is 10.2 Å². The molecule has 1 aliphatic rings. The Hall–Kier alpha value is -1.07. The third kappa shape index (κ3) is 1.98. The van der Waals surface area contributed by atoms with E-state index in [0.29, 0.717) is 0 Å². The van der Waals surface area contributed by atoms with Crippen LogP contribution in [0.15, 0.2) is 28.7 Å². The van der Waals surface area contributed by atoms with Crippen LogP contribution in [0.25, 0.3) is 0 Å². The summed E-state index contributed by atoms with van der Waals surface area (Å²) in [7, 11) is 0. The molecular formula is C10H10BrNO3. The molecule has 0 bridgehead atoms. The lowest BCUT2D eigenvalue weighted by atomic mass is 9.97. The van der Waals surface area contributed by atoms with E-state index in [-0.39, 0.29) is 13.2 Å². The second-order valence-corrected chi connectivity index (χ2v) is 4.43. The number of ether oxygens (including phenoxy) is 1. The van der Waals surface area contributed by atoms with Gasteiger partial charge in [-0.2, -0.15) is 0 Å². The number of anilines is 1. The molecule has 1 heterocycles. The molecule has 0 aliphatic carbocycles. The van der Waals surface area contributed by atoms with Gasteiger partial charge in [0.25, 0.3) is 0 Å².